The maximum atomic E-state index is 12.0. The number of amides is 2. The minimum Gasteiger partial charge on any atom is -0.378 e. The second kappa shape index (κ2) is 9.54. The summed E-state index contributed by atoms with van der Waals surface area (Å²) in [6.45, 7) is 4.21. The van der Waals surface area contributed by atoms with Gasteiger partial charge in [0.2, 0.25) is 0 Å². The maximum absolute atomic E-state index is 12.0. The molecular formula is C19H23BrN4O2. The Bertz CT molecular complexity index is 735. The first-order valence-electron chi connectivity index (χ1n) is 8.75. The molecule has 0 radical (unpaired) electrons. The molecule has 138 valence electrons. The minimum atomic E-state index is -0.165. The van der Waals surface area contributed by atoms with Crippen LogP contribution in [-0.2, 0) is 17.7 Å². The molecule has 26 heavy (non-hydrogen) atoms. The predicted molar refractivity (Wildman–Crippen MR) is 105 cm³/mol. The fraction of sp³-hybridized carbons (Fsp3) is 0.368. The first kappa shape index (κ1) is 18.7. The van der Waals surface area contributed by atoms with Gasteiger partial charge in [-0.3, -0.25) is 0 Å². The molecule has 1 aliphatic rings. The Labute approximate surface area is 162 Å². The molecule has 2 N–H and O–H groups in total. The summed E-state index contributed by atoms with van der Waals surface area (Å²) in [5.41, 5.74) is 2.21. The summed E-state index contributed by atoms with van der Waals surface area (Å²) >= 11 is 3.52. The van der Waals surface area contributed by atoms with Crippen molar-refractivity contribution in [2.24, 2.45) is 0 Å². The Morgan fingerprint density at radius 3 is 2.81 bits per heavy atom. The molecule has 0 spiro atoms. The standard InChI is InChI=1S/C19H23BrN4O2/c20-17-4-2-1-3-16(17)6-8-22-19(25)23-14-15-5-7-21-18(13-15)24-9-11-26-12-10-24/h1-5,7,13H,6,8-12,14H2,(H2,22,23,25). The molecular weight excluding hydrogens is 396 g/mol. The summed E-state index contributed by atoms with van der Waals surface area (Å²) in [7, 11) is 0. The van der Waals surface area contributed by atoms with E-state index in [-0.39, 0.29) is 6.03 Å². The smallest absolute Gasteiger partial charge is 0.315 e. The predicted octanol–water partition coefficient (Wildman–Crippen LogP) is 2.72. The molecule has 0 atom stereocenters. The van der Waals surface area contributed by atoms with Crippen LogP contribution in [-0.4, -0.2) is 43.9 Å². The van der Waals surface area contributed by atoms with Crippen LogP contribution in [0.2, 0.25) is 0 Å². The zero-order valence-electron chi connectivity index (χ0n) is 14.6. The fourth-order valence-corrected chi connectivity index (χ4v) is 3.28. The molecule has 2 amide bonds. The largest absolute Gasteiger partial charge is 0.378 e. The van der Waals surface area contributed by atoms with E-state index in [2.05, 4.69) is 36.4 Å². The third-order valence-corrected chi connectivity index (χ3v) is 5.01. The highest BCUT2D eigenvalue weighted by molar-refractivity contribution is 9.10. The van der Waals surface area contributed by atoms with Gasteiger partial charge in [-0.1, -0.05) is 34.1 Å². The summed E-state index contributed by atoms with van der Waals surface area (Å²) in [4.78, 5) is 18.6. The van der Waals surface area contributed by atoms with Crippen molar-refractivity contribution in [2.45, 2.75) is 13.0 Å². The molecule has 1 aliphatic heterocycles. The number of hydrogen-bond acceptors (Lipinski definition) is 4. The molecule has 3 rings (SSSR count). The Morgan fingerprint density at radius 1 is 1.19 bits per heavy atom. The van der Waals surface area contributed by atoms with Crippen LogP contribution in [0.4, 0.5) is 10.6 Å². The molecule has 6 nitrogen and oxygen atoms in total. The molecule has 7 heteroatoms. The maximum Gasteiger partial charge on any atom is 0.315 e. The van der Waals surface area contributed by atoms with Gasteiger partial charge >= 0.3 is 6.03 Å². The fourth-order valence-electron chi connectivity index (χ4n) is 2.79. The first-order valence-corrected chi connectivity index (χ1v) is 9.54. The highest BCUT2D eigenvalue weighted by Crippen LogP contribution is 2.16. The molecule has 1 fully saturated rings. The number of ether oxygens (including phenoxy) is 1. The van der Waals surface area contributed by atoms with Crippen molar-refractivity contribution in [2.75, 3.05) is 37.7 Å². The molecule has 0 bridgehead atoms. The highest BCUT2D eigenvalue weighted by Gasteiger charge is 2.12. The average Bonchev–Trinajstić information content (AvgIpc) is 2.69. The van der Waals surface area contributed by atoms with Crippen LogP contribution in [0.1, 0.15) is 11.1 Å². The van der Waals surface area contributed by atoms with Crippen molar-refractivity contribution in [1.29, 1.82) is 0 Å². The van der Waals surface area contributed by atoms with E-state index < -0.39 is 0 Å². The summed E-state index contributed by atoms with van der Waals surface area (Å²) in [6, 6.07) is 11.8. The van der Waals surface area contributed by atoms with Crippen LogP contribution in [0.3, 0.4) is 0 Å². The van der Waals surface area contributed by atoms with Crippen molar-refractivity contribution in [3.05, 3.63) is 58.2 Å². The minimum absolute atomic E-state index is 0.165. The van der Waals surface area contributed by atoms with E-state index in [1.165, 1.54) is 5.56 Å². The first-order chi connectivity index (χ1) is 12.7. The quantitative estimate of drug-likeness (QED) is 0.756. The lowest BCUT2D eigenvalue weighted by atomic mass is 10.1. The third kappa shape index (κ3) is 5.44. The molecule has 0 unspecified atom stereocenters. The molecule has 2 heterocycles. The van der Waals surface area contributed by atoms with E-state index in [0.717, 1.165) is 48.6 Å². The number of morpholine rings is 1. The molecule has 1 saturated heterocycles. The van der Waals surface area contributed by atoms with Crippen molar-refractivity contribution in [1.82, 2.24) is 15.6 Å². The number of anilines is 1. The van der Waals surface area contributed by atoms with Gasteiger partial charge in [0.05, 0.1) is 13.2 Å². The topological polar surface area (TPSA) is 66.5 Å². The summed E-state index contributed by atoms with van der Waals surface area (Å²) in [5, 5.41) is 5.79. The average molecular weight is 419 g/mol. The number of benzene rings is 1. The number of hydrogen-bond donors (Lipinski definition) is 2. The Kier molecular flexibility index (Phi) is 6.85. The third-order valence-electron chi connectivity index (χ3n) is 4.24. The van der Waals surface area contributed by atoms with Gasteiger partial charge in [0.1, 0.15) is 5.82 Å². The van der Waals surface area contributed by atoms with E-state index in [4.69, 9.17) is 4.74 Å². The number of halogens is 1. The van der Waals surface area contributed by atoms with E-state index >= 15 is 0 Å². The Morgan fingerprint density at radius 2 is 2.00 bits per heavy atom. The van der Waals surface area contributed by atoms with Gasteiger partial charge in [0, 0.05) is 36.8 Å². The molecule has 2 aromatic rings. The van der Waals surface area contributed by atoms with E-state index in [1.807, 2.05) is 36.4 Å². The number of rotatable bonds is 6. The zero-order chi connectivity index (χ0) is 18.2. The normalized spacial score (nSPS) is 14.1. The van der Waals surface area contributed by atoms with Crippen LogP contribution in [0.15, 0.2) is 47.1 Å². The summed E-state index contributed by atoms with van der Waals surface area (Å²) in [5.74, 6) is 0.932. The van der Waals surface area contributed by atoms with Crippen molar-refractivity contribution < 1.29 is 9.53 Å². The lowest BCUT2D eigenvalue weighted by molar-refractivity contribution is 0.122. The lowest BCUT2D eigenvalue weighted by Crippen LogP contribution is -2.37. The van der Waals surface area contributed by atoms with Gasteiger partial charge in [-0.05, 0) is 35.7 Å². The van der Waals surface area contributed by atoms with Crippen molar-refractivity contribution >= 4 is 27.8 Å². The van der Waals surface area contributed by atoms with Crippen LogP contribution in [0.25, 0.3) is 0 Å². The van der Waals surface area contributed by atoms with Gasteiger partial charge in [0.25, 0.3) is 0 Å². The van der Waals surface area contributed by atoms with Gasteiger partial charge in [-0.2, -0.15) is 0 Å². The highest BCUT2D eigenvalue weighted by atomic mass is 79.9. The Hall–Kier alpha value is -2.12. The van der Waals surface area contributed by atoms with Crippen molar-refractivity contribution in [3.8, 4) is 0 Å². The summed E-state index contributed by atoms with van der Waals surface area (Å²) in [6.07, 6.45) is 2.57. The number of aromatic nitrogens is 1. The van der Waals surface area contributed by atoms with E-state index in [9.17, 15) is 4.79 Å². The number of pyridine rings is 1. The van der Waals surface area contributed by atoms with Gasteiger partial charge in [0.15, 0.2) is 0 Å². The van der Waals surface area contributed by atoms with Gasteiger partial charge in [-0.15, -0.1) is 0 Å². The molecule has 1 aromatic carbocycles. The number of carbonyl (C=O) groups is 1. The van der Waals surface area contributed by atoms with Crippen LogP contribution in [0, 0.1) is 0 Å². The van der Waals surface area contributed by atoms with Gasteiger partial charge in [-0.25, -0.2) is 9.78 Å². The molecule has 1 aromatic heterocycles. The van der Waals surface area contributed by atoms with E-state index in [0.29, 0.717) is 13.1 Å². The molecule has 0 aliphatic carbocycles. The van der Waals surface area contributed by atoms with Crippen LogP contribution >= 0.6 is 15.9 Å². The zero-order valence-corrected chi connectivity index (χ0v) is 16.2. The van der Waals surface area contributed by atoms with E-state index in [1.54, 1.807) is 6.20 Å². The second-order valence-corrected chi connectivity index (χ2v) is 6.93. The second-order valence-electron chi connectivity index (χ2n) is 6.07. The Balaban J connectivity index is 1.43. The number of nitrogens with one attached hydrogen (secondary N) is 2. The van der Waals surface area contributed by atoms with Crippen molar-refractivity contribution in [3.63, 3.8) is 0 Å². The van der Waals surface area contributed by atoms with Gasteiger partial charge < -0.3 is 20.3 Å². The monoisotopic (exact) mass is 418 g/mol. The molecule has 0 saturated carbocycles. The number of nitrogens with zero attached hydrogens (tertiary/aromatic N) is 2. The number of carbonyl (C=O) groups excluding carboxylic acids is 1. The summed E-state index contributed by atoms with van der Waals surface area (Å²) < 4.78 is 6.43. The van der Waals surface area contributed by atoms with Crippen LogP contribution < -0.4 is 15.5 Å². The SMILES string of the molecule is O=C(NCCc1ccccc1Br)NCc1ccnc(N2CCOCC2)c1. The lowest BCUT2D eigenvalue weighted by Gasteiger charge is -2.28. The van der Waals surface area contributed by atoms with Crippen LogP contribution in [0.5, 0.6) is 0 Å². The number of urea groups is 1.